The zero-order chi connectivity index (χ0) is 18.5. The largest absolute Gasteiger partial charge is 0.376 e. The zero-order valence-corrected chi connectivity index (χ0v) is 15.8. The van der Waals surface area contributed by atoms with Crippen molar-refractivity contribution < 1.29 is 14.3 Å². The average Bonchev–Trinajstić information content (AvgIpc) is 3.17. The van der Waals surface area contributed by atoms with Gasteiger partial charge in [0.25, 0.3) is 11.8 Å². The lowest BCUT2D eigenvalue weighted by Gasteiger charge is -2.32. The van der Waals surface area contributed by atoms with Gasteiger partial charge in [0.1, 0.15) is 0 Å². The number of amides is 2. The van der Waals surface area contributed by atoms with Crippen LogP contribution in [0.2, 0.25) is 0 Å². The highest BCUT2D eigenvalue weighted by molar-refractivity contribution is 7.12. The van der Waals surface area contributed by atoms with Crippen molar-refractivity contribution >= 4 is 23.2 Å². The number of piperidine rings is 1. The molecule has 0 aliphatic carbocycles. The van der Waals surface area contributed by atoms with E-state index in [0.717, 1.165) is 43.5 Å². The molecule has 0 saturated carbocycles. The number of rotatable bonds is 6. The zero-order valence-electron chi connectivity index (χ0n) is 14.9. The van der Waals surface area contributed by atoms with Crippen molar-refractivity contribution in [1.82, 2.24) is 4.90 Å². The molecule has 2 N–H and O–H groups in total. The van der Waals surface area contributed by atoms with E-state index in [1.165, 1.54) is 11.3 Å². The number of ether oxygens (including phenoxy) is 1. The minimum Gasteiger partial charge on any atom is -0.376 e. The first-order valence-electron chi connectivity index (χ1n) is 8.98. The molecule has 6 heteroatoms. The van der Waals surface area contributed by atoms with Gasteiger partial charge < -0.3 is 15.4 Å². The lowest BCUT2D eigenvalue weighted by Crippen LogP contribution is -2.43. The van der Waals surface area contributed by atoms with Crippen molar-refractivity contribution in [1.29, 1.82) is 0 Å². The van der Waals surface area contributed by atoms with Crippen LogP contribution in [-0.2, 0) is 4.74 Å². The second-order valence-corrected chi connectivity index (χ2v) is 7.44. The molecule has 0 radical (unpaired) electrons. The van der Waals surface area contributed by atoms with Crippen molar-refractivity contribution in [3.8, 4) is 11.1 Å². The molecule has 1 aromatic heterocycles. The smallest absolute Gasteiger partial charge is 0.258 e. The number of primary amides is 1. The average molecular weight is 372 g/mol. The fraction of sp³-hybridized carbons (Fsp3) is 0.400. The Labute approximate surface area is 157 Å². The molecular weight excluding hydrogens is 348 g/mol. The number of thiophene rings is 1. The number of carbonyl (C=O) groups is 2. The molecular formula is C20H24N2O3S. The van der Waals surface area contributed by atoms with Crippen LogP contribution in [-0.4, -0.2) is 42.5 Å². The second-order valence-electron chi connectivity index (χ2n) is 6.53. The van der Waals surface area contributed by atoms with Gasteiger partial charge in [-0.15, -0.1) is 11.3 Å². The normalized spacial score (nSPS) is 17.3. The molecule has 2 amide bonds. The number of nitrogens with two attached hydrogens (primary N) is 1. The maximum absolute atomic E-state index is 12.9. The third-order valence-corrected chi connectivity index (χ3v) is 5.45. The monoisotopic (exact) mass is 372 g/mol. The number of nitrogens with zero attached hydrogens (tertiary/aromatic N) is 1. The van der Waals surface area contributed by atoms with Crippen LogP contribution in [0.3, 0.4) is 0 Å². The van der Waals surface area contributed by atoms with Crippen molar-refractivity contribution in [2.24, 2.45) is 5.73 Å². The van der Waals surface area contributed by atoms with Gasteiger partial charge in [0.05, 0.1) is 11.0 Å². The van der Waals surface area contributed by atoms with Gasteiger partial charge in [0, 0.05) is 25.3 Å². The first-order valence-corrected chi connectivity index (χ1v) is 9.86. The van der Waals surface area contributed by atoms with Crippen molar-refractivity contribution in [2.75, 3.05) is 19.7 Å². The van der Waals surface area contributed by atoms with E-state index < -0.39 is 5.91 Å². The molecule has 1 fully saturated rings. The summed E-state index contributed by atoms with van der Waals surface area (Å²) in [7, 11) is 0. The van der Waals surface area contributed by atoms with E-state index in [1.54, 1.807) is 6.07 Å². The summed E-state index contributed by atoms with van der Waals surface area (Å²) in [6, 6.07) is 9.30. The molecule has 0 bridgehead atoms. The summed E-state index contributed by atoms with van der Waals surface area (Å²) in [5.74, 6) is -0.401. The molecule has 2 aromatic rings. The van der Waals surface area contributed by atoms with Crippen molar-refractivity contribution in [3.63, 3.8) is 0 Å². The minimum atomic E-state index is -0.431. The first-order chi connectivity index (χ1) is 12.6. The molecule has 3 rings (SSSR count). The third-order valence-electron chi connectivity index (χ3n) is 4.51. The van der Waals surface area contributed by atoms with Gasteiger partial charge in [-0.3, -0.25) is 9.59 Å². The number of likely N-dealkylation sites (tertiary alicyclic amines) is 1. The third kappa shape index (κ3) is 4.31. The molecule has 1 aliphatic rings. The van der Waals surface area contributed by atoms with Gasteiger partial charge >= 0.3 is 0 Å². The highest BCUT2D eigenvalue weighted by Gasteiger charge is 2.25. The van der Waals surface area contributed by atoms with Gasteiger partial charge in [-0.2, -0.15) is 0 Å². The summed E-state index contributed by atoms with van der Waals surface area (Å²) in [6.07, 6.45) is 3.09. The molecule has 26 heavy (non-hydrogen) atoms. The van der Waals surface area contributed by atoms with Gasteiger partial charge in [-0.25, -0.2) is 0 Å². The number of benzene rings is 1. The Kier molecular flexibility index (Phi) is 6.06. The van der Waals surface area contributed by atoms with E-state index in [2.05, 4.69) is 6.92 Å². The maximum atomic E-state index is 12.9. The van der Waals surface area contributed by atoms with Crippen LogP contribution in [0, 0.1) is 0 Å². The molecule has 1 atom stereocenters. The highest BCUT2D eigenvalue weighted by atomic mass is 32.1. The summed E-state index contributed by atoms with van der Waals surface area (Å²) in [4.78, 5) is 26.6. The Morgan fingerprint density at radius 1 is 1.31 bits per heavy atom. The van der Waals surface area contributed by atoms with Gasteiger partial charge in [-0.1, -0.05) is 19.1 Å². The van der Waals surface area contributed by atoms with Crippen LogP contribution >= 0.6 is 11.3 Å². The van der Waals surface area contributed by atoms with Gasteiger partial charge in [0.15, 0.2) is 0 Å². The standard InChI is InChI=1S/C20H24N2O3S/c1-2-9-25-17-7-4-8-22(12-17)20(24)15-6-3-5-14(10-15)16-11-18(19(21)23)26-13-16/h3,5-6,10-11,13,17H,2,4,7-9,12H2,1H3,(H2,21,23)/t17-/m0/s1. The summed E-state index contributed by atoms with van der Waals surface area (Å²) in [5, 5.41) is 1.89. The van der Waals surface area contributed by atoms with Gasteiger partial charge in [-0.05, 0) is 54.0 Å². The molecule has 0 unspecified atom stereocenters. The lowest BCUT2D eigenvalue weighted by molar-refractivity contribution is 0.00211. The molecule has 5 nitrogen and oxygen atoms in total. The summed E-state index contributed by atoms with van der Waals surface area (Å²) in [5.41, 5.74) is 7.80. The van der Waals surface area contributed by atoms with Gasteiger partial charge in [0.2, 0.25) is 0 Å². The van der Waals surface area contributed by atoms with Crippen LogP contribution < -0.4 is 5.73 Å². The Morgan fingerprint density at radius 2 is 2.15 bits per heavy atom. The predicted octanol–water partition coefficient (Wildman–Crippen LogP) is 3.55. The van der Waals surface area contributed by atoms with E-state index >= 15 is 0 Å². The van der Waals surface area contributed by atoms with E-state index in [-0.39, 0.29) is 12.0 Å². The molecule has 1 aliphatic heterocycles. The van der Waals surface area contributed by atoms with E-state index in [0.29, 0.717) is 17.0 Å². The molecule has 2 heterocycles. The summed E-state index contributed by atoms with van der Waals surface area (Å²) < 4.78 is 5.83. The molecule has 1 saturated heterocycles. The summed E-state index contributed by atoms with van der Waals surface area (Å²) >= 11 is 1.32. The van der Waals surface area contributed by atoms with E-state index in [4.69, 9.17) is 10.5 Å². The maximum Gasteiger partial charge on any atom is 0.258 e. The lowest BCUT2D eigenvalue weighted by atomic mass is 10.0. The molecule has 0 spiro atoms. The van der Waals surface area contributed by atoms with Crippen molar-refractivity contribution in [3.05, 3.63) is 46.2 Å². The topological polar surface area (TPSA) is 72.6 Å². The van der Waals surface area contributed by atoms with E-state index in [9.17, 15) is 9.59 Å². The second kappa shape index (κ2) is 8.47. The van der Waals surface area contributed by atoms with Crippen LogP contribution in [0.5, 0.6) is 0 Å². The van der Waals surface area contributed by atoms with E-state index in [1.807, 2.05) is 34.5 Å². The van der Waals surface area contributed by atoms with Crippen LogP contribution in [0.1, 0.15) is 46.2 Å². The summed E-state index contributed by atoms with van der Waals surface area (Å²) in [6.45, 7) is 4.24. The number of hydrogen-bond acceptors (Lipinski definition) is 4. The Balaban J connectivity index is 1.74. The van der Waals surface area contributed by atoms with Crippen LogP contribution in [0.25, 0.3) is 11.1 Å². The SMILES string of the molecule is CCCO[C@H]1CCCN(C(=O)c2cccc(-c3csc(C(N)=O)c3)c2)C1. The Bertz CT molecular complexity index is 787. The quantitative estimate of drug-likeness (QED) is 0.843. The highest BCUT2D eigenvalue weighted by Crippen LogP contribution is 2.27. The molecule has 1 aromatic carbocycles. The number of hydrogen-bond donors (Lipinski definition) is 1. The Morgan fingerprint density at radius 3 is 2.88 bits per heavy atom. The first kappa shape index (κ1) is 18.6. The number of carbonyl (C=O) groups excluding carboxylic acids is 2. The van der Waals surface area contributed by atoms with Crippen LogP contribution in [0.15, 0.2) is 35.7 Å². The predicted molar refractivity (Wildman–Crippen MR) is 103 cm³/mol. The van der Waals surface area contributed by atoms with Crippen LogP contribution in [0.4, 0.5) is 0 Å². The minimum absolute atomic E-state index is 0.0296. The fourth-order valence-electron chi connectivity index (χ4n) is 3.17. The van der Waals surface area contributed by atoms with Crippen molar-refractivity contribution in [2.45, 2.75) is 32.3 Å². The molecule has 138 valence electrons. The Hall–Kier alpha value is -2.18. The fourth-order valence-corrected chi connectivity index (χ4v) is 3.94.